The highest BCUT2D eigenvalue weighted by Crippen LogP contribution is 2.15. The van der Waals surface area contributed by atoms with E-state index in [1.807, 2.05) is 0 Å². The van der Waals surface area contributed by atoms with Crippen molar-refractivity contribution in [3.05, 3.63) is 48.6 Å². The fourth-order valence-electron chi connectivity index (χ4n) is 7.62. The van der Waals surface area contributed by atoms with Crippen LogP contribution >= 0.6 is 0 Å². The smallest absolute Gasteiger partial charge is 0.306 e. The molecule has 0 N–H and O–H groups in total. The number of rotatable bonds is 49. The first-order chi connectivity index (χ1) is 30.1. The zero-order valence-electron chi connectivity index (χ0n) is 40.9. The van der Waals surface area contributed by atoms with Gasteiger partial charge in [0.2, 0.25) is 0 Å². The van der Waals surface area contributed by atoms with Crippen LogP contribution in [0.15, 0.2) is 48.6 Å². The minimum absolute atomic E-state index is 0.0684. The van der Waals surface area contributed by atoms with Gasteiger partial charge in [0, 0.05) is 19.4 Å². The Morgan fingerprint density at radius 3 is 1.15 bits per heavy atom. The maximum Gasteiger partial charge on any atom is 0.306 e. The van der Waals surface area contributed by atoms with E-state index in [4.69, 9.17) is 14.2 Å². The molecule has 5 heteroatoms. The minimum atomic E-state index is -0.559. The molecule has 5 nitrogen and oxygen atoms in total. The number of esters is 2. The van der Waals surface area contributed by atoms with Crippen molar-refractivity contribution in [1.29, 1.82) is 0 Å². The third kappa shape index (κ3) is 50.4. The molecule has 0 bridgehead atoms. The zero-order valence-corrected chi connectivity index (χ0v) is 40.9. The molecule has 61 heavy (non-hydrogen) atoms. The van der Waals surface area contributed by atoms with Gasteiger partial charge in [-0.2, -0.15) is 0 Å². The van der Waals surface area contributed by atoms with Crippen LogP contribution < -0.4 is 0 Å². The van der Waals surface area contributed by atoms with Gasteiger partial charge in [-0.1, -0.05) is 249 Å². The van der Waals surface area contributed by atoms with Crippen LogP contribution in [0.2, 0.25) is 0 Å². The summed E-state index contributed by atoms with van der Waals surface area (Å²) in [6.07, 6.45) is 64.1. The summed E-state index contributed by atoms with van der Waals surface area (Å²) in [6, 6.07) is 0. The molecule has 0 unspecified atom stereocenters. The lowest BCUT2D eigenvalue weighted by molar-refractivity contribution is -0.162. The number of allylic oxidation sites excluding steroid dienone is 8. The lowest BCUT2D eigenvalue weighted by atomic mass is 10.0. The van der Waals surface area contributed by atoms with E-state index in [2.05, 4.69) is 69.4 Å². The predicted octanol–water partition coefficient (Wildman–Crippen LogP) is 18.0. The third-order valence-corrected chi connectivity index (χ3v) is 11.6. The minimum Gasteiger partial charge on any atom is -0.462 e. The number of carbonyl (C=O) groups is 2. The molecule has 0 aliphatic carbocycles. The van der Waals surface area contributed by atoms with E-state index in [0.717, 1.165) is 57.8 Å². The van der Waals surface area contributed by atoms with E-state index in [1.165, 1.54) is 180 Å². The van der Waals surface area contributed by atoms with E-state index >= 15 is 0 Å². The van der Waals surface area contributed by atoms with Gasteiger partial charge in [-0.25, -0.2) is 0 Å². The van der Waals surface area contributed by atoms with Gasteiger partial charge in [0.25, 0.3) is 0 Å². The normalized spacial score (nSPS) is 12.5. The summed E-state index contributed by atoms with van der Waals surface area (Å²) in [7, 11) is 0. The second-order valence-corrected chi connectivity index (χ2v) is 17.8. The molecule has 0 heterocycles. The summed E-state index contributed by atoms with van der Waals surface area (Å²) in [5.41, 5.74) is 0. The average molecular weight is 855 g/mol. The van der Waals surface area contributed by atoms with E-state index in [1.54, 1.807) is 0 Å². The molecule has 0 rings (SSSR count). The Labute approximate surface area is 380 Å². The van der Waals surface area contributed by atoms with Crippen LogP contribution in [-0.2, 0) is 23.8 Å². The van der Waals surface area contributed by atoms with Crippen molar-refractivity contribution in [1.82, 2.24) is 0 Å². The van der Waals surface area contributed by atoms with Gasteiger partial charge in [-0.05, 0) is 57.8 Å². The number of hydrogen-bond donors (Lipinski definition) is 0. The second-order valence-electron chi connectivity index (χ2n) is 17.8. The monoisotopic (exact) mass is 855 g/mol. The Bertz CT molecular complexity index is 1010. The first kappa shape index (κ1) is 58.9. The van der Waals surface area contributed by atoms with Crippen molar-refractivity contribution in [2.45, 2.75) is 277 Å². The van der Waals surface area contributed by atoms with Crippen LogP contribution in [-0.4, -0.2) is 37.9 Å². The highest BCUT2D eigenvalue weighted by Gasteiger charge is 2.17. The third-order valence-electron chi connectivity index (χ3n) is 11.6. The summed E-state index contributed by atoms with van der Waals surface area (Å²) < 4.78 is 17.4. The van der Waals surface area contributed by atoms with Crippen molar-refractivity contribution in [2.75, 3.05) is 19.8 Å². The molecule has 0 saturated heterocycles. The highest BCUT2D eigenvalue weighted by molar-refractivity contribution is 5.70. The molecular weight excluding hydrogens is 753 g/mol. The fourth-order valence-corrected chi connectivity index (χ4v) is 7.62. The lowest BCUT2D eigenvalue weighted by Gasteiger charge is -2.18. The van der Waals surface area contributed by atoms with E-state index in [-0.39, 0.29) is 25.2 Å². The first-order valence-corrected chi connectivity index (χ1v) is 26.7. The fraction of sp³-hybridized carbons (Fsp3) is 0.821. The van der Waals surface area contributed by atoms with E-state index in [0.29, 0.717) is 19.4 Å². The Hall–Kier alpha value is -2.14. The van der Waals surface area contributed by atoms with Crippen molar-refractivity contribution in [3.8, 4) is 0 Å². The summed E-state index contributed by atoms with van der Waals surface area (Å²) in [6.45, 7) is 7.78. The van der Waals surface area contributed by atoms with Crippen LogP contribution in [0.25, 0.3) is 0 Å². The Morgan fingerprint density at radius 2 is 0.705 bits per heavy atom. The maximum atomic E-state index is 12.8. The summed E-state index contributed by atoms with van der Waals surface area (Å²) in [4.78, 5) is 25.4. The standard InChI is InChI=1S/C56H102O5/c1-4-7-10-13-16-19-22-25-27-29-30-32-35-38-41-44-47-50-56(58)61-54(53-60-55(57)49-46-43-40-37-34-24-21-18-15-12-9-6-3)52-59-51-48-45-42-39-36-33-31-28-26-23-20-17-14-11-8-5-2/h16,19,25,27,30,32,38,41,54H,4-15,17-18,20-24,26,28-29,31,33-37,39-40,42-53H2,1-3H3/b19-16-,27-25-,32-30-,41-38-/t54-/m1/s1. The molecule has 356 valence electrons. The predicted molar refractivity (Wildman–Crippen MR) is 265 cm³/mol. The number of unbranched alkanes of at least 4 members (excludes halogenated alkanes) is 30. The molecule has 1 atom stereocenters. The molecule has 0 aromatic rings. The summed E-state index contributed by atoms with van der Waals surface area (Å²) in [5.74, 6) is -0.449. The molecular formula is C56H102O5. The first-order valence-electron chi connectivity index (χ1n) is 26.7. The molecule has 0 fully saturated rings. The molecule has 0 aliphatic heterocycles. The molecule has 0 aromatic heterocycles. The average Bonchev–Trinajstić information content (AvgIpc) is 3.26. The Balaban J connectivity index is 4.32. The number of ether oxygens (including phenoxy) is 3. The molecule has 0 aromatic carbocycles. The van der Waals surface area contributed by atoms with Gasteiger partial charge in [0.05, 0.1) is 6.61 Å². The van der Waals surface area contributed by atoms with Crippen LogP contribution in [0.1, 0.15) is 271 Å². The molecule has 0 radical (unpaired) electrons. The van der Waals surface area contributed by atoms with Crippen LogP contribution in [0.3, 0.4) is 0 Å². The van der Waals surface area contributed by atoms with Crippen molar-refractivity contribution >= 4 is 11.9 Å². The van der Waals surface area contributed by atoms with Crippen LogP contribution in [0.4, 0.5) is 0 Å². The van der Waals surface area contributed by atoms with Gasteiger partial charge < -0.3 is 14.2 Å². The topological polar surface area (TPSA) is 61.8 Å². The summed E-state index contributed by atoms with van der Waals surface area (Å²) in [5, 5.41) is 0. The molecule has 0 aliphatic rings. The molecule has 0 spiro atoms. The van der Waals surface area contributed by atoms with Gasteiger partial charge in [-0.3, -0.25) is 9.59 Å². The van der Waals surface area contributed by atoms with Crippen molar-refractivity contribution in [2.24, 2.45) is 0 Å². The van der Waals surface area contributed by atoms with Crippen LogP contribution in [0.5, 0.6) is 0 Å². The Kier molecular flexibility index (Phi) is 50.4. The van der Waals surface area contributed by atoms with E-state index in [9.17, 15) is 9.59 Å². The highest BCUT2D eigenvalue weighted by atomic mass is 16.6. The molecule has 0 saturated carbocycles. The van der Waals surface area contributed by atoms with Gasteiger partial charge in [0.15, 0.2) is 6.10 Å². The van der Waals surface area contributed by atoms with Gasteiger partial charge in [0.1, 0.15) is 6.61 Å². The van der Waals surface area contributed by atoms with E-state index < -0.39 is 6.10 Å². The molecule has 0 amide bonds. The summed E-state index contributed by atoms with van der Waals surface area (Å²) >= 11 is 0. The number of carbonyl (C=O) groups excluding carboxylic acids is 2. The second kappa shape index (κ2) is 52.2. The van der Waals surface area contributed by atoms with Crippen molar-refractivity contribution < 1.29 is 23.8 Å². The van der Waals surface area contributed by atoms with Crippen LogP contribution in [0, 0.1) is 0 Å². The zero-order chi connectivity index (χ0) is 44.2. The lowest BCUT2D eigenvalue weighted by Crippen LogP contribution is -2.30. The SMILES string of the molecule is CCCCC/C=C\C/C=C\C/C=C\C/C=C\CCCC(=O)O[C@H](COCCCCCCCCCCCCCCCCCC)COC(=O)CCCCCCCCCCCCCC. The Morgan fingerprint density at radius 1 is 0.361 bits per heavy atom. The maximum absolute atomic E-state index is 12.8. The number of hydrogen-bond acceptors (Lipinski definition) is 5. The van der Waals surface area contributed by atoms with Gasteiger partial charge >= 0.3 is 11.9 Å². The van der Waals surface area contributed by atoms with Crippen molar-refractivity contribution in [3.63, 3.8) is 0 Å². The van der Waals surface area contributed by atoms with Gasteiger partial charge in [-0.15, -0.1) is 0 Å². The largest absolute Gasteiger partial charge is 0.462 e. The quantitative estimate of drug-likeness (QED) is 0.0347.